The maximum Gasteiger partial charge on any atom is 0.317 e. The maximum atomic E-state index is 12.6. The Morgan fingerprint density at radius 1 is 1.07 bits per heavy atom. The Balaban J connectivity index is 1.40. The van der Waals surface area contributed by atoms with Crippen LogP contribution in [0.1, 0.15) is 56.7 Å². The van der Waals surface area contributed by atoms with E-state index in [-0.39, 0.29) is 6.03 Å². The molecule has 0 unspecified atom stereocenters. The average molecular weight is 367 g/mol. The zero-order chi connectivity index (χ0) is 18.6. The van der Waals surface area contributed by atoms with Crippen LogP contribution in [-0.2, 0) is 0 Å². The van der Waals surface area contributed by atoms with Crippen LogP contribution in [0.2, 0.25) is 0 Å². The van der Waals surface area contributed by atoms with Gasteiger partial charge in [-0.2, -0.15) is 0 Å². The van der Waals surface area contributed by atoms with Crippen LogP contribution in [0.5, 0.6) is 0 Å². The Morgan fingerprint density at radius 2 is 1.78 bits per heavy atom. The first-order valence-corrected chi connectivity index (χ1v) is 10.2. The van der Waals surface area contributed by atoms with E-state index in [0.717, 1.165) is 50.2 Å². The SMILES string of the molecule is Cc1cnc(-c2ccncc2)n1C1CCN(C(=O)NC2CCCCC2)CC1. The van der Waals surface area contributed by atoms with Crippen LogP contribution in [0, 0.1) is 6.92 Å². The molecule has 1 saturated heterocycles. The summed E-state index contributed by atoms with van der Waals surface area (Å²) in [6.45, 7) is 3.72. The van der Waals surface area contributed by atoms with Gasteiger partial charge in [-0.25, -0.2) is 9.78 Å². The normalized spacial score (nSPS) is 19.2. The first kappa shape index (κ1) is 18.0. The van der Waals surface area contributed by atoms with Crippen LogP contribution < -0.4 is 5.32 Å². The minimum absolute atomic E-state index is 0.122. The molecule has 2 aromatic rings. The van der Waals surface area contributed by atoms with E-state index in [4.69, 9.17) is 0 Å². The quantitative estimate of drug-likeness (QED) is 0.894. The number of hydrogen-bond acceptors (Lipinski definition) is 3. The molecule has 2 fully saturated rings. The third-order valence-electron chi connectivity index (χ3n) is 5.97. The Hall–Kier alpha value is -2.37. The Kier molecular flexibility index (Phi) is 5.41. The van der Waals surface area contributed by atoms with E-state index in [1.807, 2.05) is 35.6 Å². The van der Waals surface area contributed by atoms with Crippen molar-refractivity contribution in [1.82, 2.24) is 24.8 Å². The molecule has 1 N–H and O–H groups in total. The summed E-state index contributed by atoms with van der Waals surface area (Å²) in [6.07, 6.45) is 13.5. The molecule has 0 bridgehead atoms. The summed E-state index contributed by atoms with van der Waals surface area (Å²) in [5, 5.41) is 3.25. The molecule has 0 spiro atoms. The number of piperidine rings is 1. The first-order chi connectivity index (χ1) is 13.2. The molecule has 0 atom stereocenters. The molecule has 0 radical (unpaired) electrons. The first-order valence-electron chi connectivity index (χ1n) is 10.2. The van der Waals surface area contributed by atoms with Crippen LogP contribution in [0.15, 0.2) is 30.7 Å². The van der Waals surface area contributed by atoms with Gasteiger partial charge in [0, 0.05) is 55.0 Å². The molecule has 1 saturated carbocycles. The van der Waals surface area contributed by atoms with E-state index in [0.29, 0.717) is 12.1 Å². The number of amides is 2. The number of likely N-dealkylation sites (tertiary alicyclic amines) is 1. The van der Waals surface area contributed by atoms with Crippen molar-refractivity contribution in [2.45, 2.75) is 64.0 Å². The summed E-state index contributed by atoms with van der Waals surface area (Å²) in [6, 6.07) is 4.89. The fraction of sp³-hybridized carbons (Fsp3) is 0.571. The molecular weight excluding hydrogens is 338 g/mol. The molecule has 6 heteroatoms. The summed E-state index contributed by atoms with van der Waals surface area (Å²) in [7, 11) is 0. The van der Waals surface area contributed by atoms with Crippen molar-refractivity contribution in [3.8, 4) is 11.4 Å². The second kappa shape index (κ2) is 8.11. The number of nitrogens with one attached hydrogen (secondary N) is 1. The van der Waals surface area contributed by atoms with Gasteiger partial charge in [0.1, 0.15) is 5.82 Å². The number of carbonyl (C=O) groups excluding carboxylic acids is 1. The number of hydrogen-bond donors (Lipinski definition) is 1. The number of carbonyl (C=O) groups is 1. The standard InChI is InChI=1S/C21H29N5O/c1-16-15-23-20(17-7-11-22-12-8-17)26(16)19-9-13-25(14-10-19)21(27)24-18-5-3-2-4-6-18/h7-8,11-12,15,18-19H,2-6,9-10,13-14H2,1H3,(H,24,27). The van der Waals surface area contributed by atoms with Gasteiger partial charge in [0.2, 0.25) is 0 Å². The lowest BCUT2D eigenvalue weighted by atomic mass is 9.95. The number of aryl methyl sites for hydroxylation is 1. The maximum absolute atomic E-state index is 12.6. The lowest BCUT2D eigenvalue weighted by Gasteiger charge is -2.35. The number of urea groups is 1. The number of rotatable bonds is 3. The van der Waals surface area contributed by atoms with E-state index in [9.17, 15) is 4.79 Å². The Bertz CT molecular complexity index is 758. The second-order valence-electron chi connectivity index (χ2n) is 7.83. The number of imidazole rings is 1. The fourth-order valence-corrected chi connectivity index (χ4v) is 4.46. The van der Waals surface area contributed by atoms with E-state index in [1.54, 1.807) is 0 Å². The molecule has 2 aliphatic rings. The topological polar surface area (TPSA) is 63.1 Å². The number of pyridine rings is 1. The minimum atomic E-state index is 0.122. The van der Waals surface area contributed by atoms with Gasteiger partial charge in [-0.15, -0.1) is 0 Å². The summed E-state index contributed by atoms with van der Waals surface area (Å²) >= 11 is 0. The van der Waals surface area contributed by atoms with Crippen LogP contribution in [0.3, 0.4) is 0 Å². The van der Waals surface area contributed by atoms with E-state index >= 15 is 0 Å². The van der Waals surface area contributed by atoms with E-state index in [2.05, 4.69) is 26.8 Å². The van der Waals surface area contributed by atoms with Crippen LogP contribution >= 0.6 is 0 Å². The molecular formula is C21H29N5O. The summed E-state index contributed by atoms with van der Waals surface area (Å²) in [5.74, 6) is 1.00. The highest BCUT2D eigenvalue weighted by molar-refractivity contribution is 5.74. The molecule has 144 valence electrons. The molecule has 1 aliphatic carbocycles. The van der Waals surface area contributed by atoms with Crippen molar-refractivity contribution in [3.63, 3.8) is 0 Å². The molecule has 0 aromatic carbocycles. The predicted molar refractivity (Wildman–Crippen MR) is 105 cm³/mol. The van der Waals surface area contributed by atoms with Gasteiger partial charge in [-0.05, 0) is 44.7 Å². The zero-order valence-electron chi connectivity index (χ0n) is 16.1. The van der Waals surface area contributed by atoms with E-state index < -0.39 is 0 Å². The third-order valence-corrected chi connectivity index (χ3v) is 5.97. The number of aromatic nitrogens is 3. The Labute approximate surface area is 161 Å². The van der Waals surface area contributed by atoms with Gasteiger partial charge in [0.05, 0.1) is 0 Å². The van der Waals surface area contributed by atoms with Crippen molar-refractivity contribution >= 4 is 6.03 Å². The van der Waals surface area contributed by atoms with E-state index in [1.165, 1.54) is 25.0 Å². The zero-order valence-corrected chi connectivity index (χ0v) is 16.1. The van der Waals surface area contributed by atoms with Crippen LogP contribution in [-0.4, -0.2) is 44.6 Å². The van der Waals surface area contributed by atoms with Crippen LogP contribution in [0.25, 0.3) is 11.4 Å². The summed E-state index contributed by atoms with van der Waals surface area (Å²) in [5.41, 5.74) is 2.27. The lowest BCUT2D eigenvalue weighted by Crippen LogP contribution is -2.48. The van der Waals surface area contributed by atoms with Crippen molar-refractivity contribution in [2.24, 2.45) is 0 Å². The summed E-state index contributed by atoms with van der Waals surface area (Å²) < 4.78 is 2.34. The minimum Gasteiger partial charge on any atom is -0.335 e. The predicted octanol–water partition coefficient (Wildman–Crippen LogP) is 3.93. The molecule has 2 aromatic heterocycles. The third kappa shape index (κ3) is 3.99. The van der Waals surface area contributed by atoms with Crippen molar-refractivity contribution in [3.05, 3.63) is 36.4 Å². The van der Waals surface area contributed by atoms with Gasteiger partial charge < -0.3 is 14.8 Å². The van der Waals surface area contributed by atoms with Gasteiger partial charge in [0.25, 0.3) is 0 Å². The van der Waals surface area contributed by atoms with Gasteiger partial charge >= 0.3 is 6.03 Å². The smallest absolute Gasteiger partial charge is 0.317 e. The molecule has 4 rings (SSSR count). The highest BCUT2D eigenvalue weighted by atomic mass is 16.2. The lowest BCUT2D eigenvalue weighted by molar-refractivity contribution is 0.165. The van der Waals surface area contributed by atoms with Crippen molar-refractivity contribution in [2.75, 3.05) is 13.1 Å². The average Bonchev–Trinajstić information content (AvgIpc) is 3.11. The van der Waals surface area contributed by atoms with Gasteiger partial charge in [0.15, 0.2) is 0 Å². The van der Waals surface area contributed by atoms with Crippen molar-refractivity contribution in [1.29, 1.82) is 0 Å². The van der Waals surface area contributed by atoms with Gasteiger partial charge in [-0.1, -0.05) is 19.3 Å². The Morgan fingerprint density at radius 3 is 2.48 bits per heavy atom. The second-order valence-corrected chi connectivity index (χ2v) is 7.83. The molecule has 1 aliphatic heterocycles. The molecule has 3 heterocycles. The molecule has 2 amide bonds. The van der Waals surface area contributed by atoms with Crippen LogP contribution in [0.4, 0.5) is 4.79 Å². The number of nitrogens with zero attached hydrogens (tertiary/aromatic N) is 4. The van der Waals surface area contributed by atoms with Gasteiger partial charge in [-0.3, -0.25) is 4.98 Å². The molecule has 27 heavy (non-hydrogen) atoms. The highest BCUT2D eigenvalue weighted by Crippen LogP contribution is 2.30. The molecule has 6 nitrogen and oxygen atoms in total. The fourth-order valence-electron chi connectivity index (χ4n) is 4.46. The largest absolute Gasteiger partial charge is 0.335 e. The van der Waals surface area contributed by atoms with Crippen molar-refractivity contribution < 1.29 is 4.79 Å². The monoisotopic (exact) mass is 367 g/mol. The highest BCUT2D eigenvalue weighted by Gasteiger charge is 2.27. The summed E-state index contributed by atoms with van der Waals surface area (Å²) in [4.78, 5) is 23.3.